The van der Waals surface area contributed by atoms with E-state index in [9.17, 15) is 9.59 Å². The molecule has 188 valence electrons. The fraction of sp³-hybridized carbons (Fsp3) is 0.250. The lowest BCUT2D eigenvalue weighted by Gasteiger charge is -2.28. The van der Waals surface area contributed by atoms with Crippen LogP contribution in [0.5, 0.6) is 0 Å². The predicted octanol–water partition coefficient (Wildman–Crippen LogP) is 5.22. The molecule has 1 aliphatic heterocycles. The average Bonchev–Trinajstić information content (AvgIpc) is 2.88. The number of aliphatic carboxylic acids is 2. The van der Waals surface area contributed by atoms with Crippen LogP contribution in [-0.2, 0) is 9.59 Å². The molecule has 0 saturated carbocycles. The second-order valence-corrected chi connectivity index (χ2v) is 8.86. The van der Waals surface area contributed by atoms with Crippen LogP contribution in [0, 0.1) is 0 Å². The van der Waals surface area contributed by atoms with E-state index in [1.54, 1.807) is 6.20 Å². The summed E-state index contributed by atoms with van der Waals surface area (Å²) < 4.78 is 0. The van der Waals surface area contributed by atoms with Crippen LogP contribution in [0.2, 0.25) is 5.02 Å². The lowest BCUT2D eigenvalue weighted by atomic mass is 9.94. The molecule has 0 bridgehead atoms. The first-order valence-electron chi connectivity index (χ1n) is 11.7. The first kappa shape index (κ1) is 26.9. The number of pyridine rings is 1. The van der Waals surface area contributed by atoms with Gasteiger partial charge in [-0.25, -0.2) is 14.6 Å². The number of benzene rings is 2. The quantitative estimate of drug-likeness (QED) is 0.404. The van der Waals surface area contributed by atoms with Crippen molar-refractivity contribution in [3.63, 3.8) is 0 Å². The normalized spacial score (nSPS) is 13.7. The maximum absolute atomic E-state index is 9.55. The molecule has 36 heavy (non-hydrogen) atoms. The number of nitrogens with zero attached hydrogens (tertiary/aromatic N) is 3. The number of carboxylic acid groups (broad SMARTS) is 2. The molecule has 0 atom stereocenters. The topological polar surface area (TPSA) is 94.0 Å². The Morgan fingerprint density at radius 3 is 2.42 bits per heavy atom. The van der Waals surface area contributed by atoms with Gasteiger partial charge in [0.15, 0.2) is 0 Å². The van der Waals surface area contributed by atoms with E-state index in [1.807, 2.05) is 12.1 Å². The van der Waals surface area contributed by atoms with Crippen molar-refractivity contribution in [3.05, 3.63) is 89.6 Å². The fourth-order valence-corrected chi connectivity index (χ4v) is 4.16. The molecule has 0 fully saturated rings. The third-order valence-electron chi connectivity index (χ3n) is 5.87. The zero-order valence-corrected chi connectivity index (χ0v) is 20.9. The van der Waals surface area contributed by atoms with E-state index in [4.69, 9.17) is 21.8 Å². The molecule has 7 nitrogen and oxygen atoms in total. The van der Waals surface area contributed by atoms with Crippen LogP contribution >= 0.6 is 11.6 Å². The van der Waals surface area contributed by atoms with Gasteiger partial charge in [0.1, 0.15) is 5.82 Å². The third kappa shape index (κ3) is 8.22. The second kappa shape index (κ2) is 13.4. The van der Waals surface area contributed by atoms with Gasteiger partial charge in [0.25, 0.3) is 0 Å². The van der Waals surface area contributed by atoms with Crippen LogP contribution in [0.4, 0.5) is 5.82 Å². The van der Waals surface area contributed by atoms with Gasteiger partial charge in [-0.3, -0.25) is 4.90 Å². The van der Waals surface area contributed by atoms with Crippen molar-refractivity contribution in [2.75, 3.05) is 38.1 Å². The highest BCUT2D eigenvalue weighted by Gasteiger charge is 2.14. The van der Waals surface area contributed by atoms with E-state index in [1.165, 1.54) is 21.9 Å². The molecule has 0 radical (unpaired) electrons. The van der Waals surface area contributed by atoms with Crippen molar-refractivity contribution in [1.29, 1.82) is 0 Å². The molecular weight excluding hydrogens is 478 g/mol. The van der Waals surface area contributed by atoms with Crippen LogP contribution in [0.3, 0.4) is 0 Å². The molecule has 8 heteroatoms. The fourth-order valence-electron chi connectivity index (χ4n) is 4.05. The number of halogens is 1. The summed E-state index contributed by atoms with van der Waals surface area (Å²) in [6.07, 6.45) is 7.47. The van der Waals surface area contributed by atoms with Crippen LogP contribution < -0.4 is 4.90 Å². The minimum Gasteiger partial charge on any atom is -0.478 e. The number of hydrogen-bond acceptors (Lipinski definition) is 5. The predicted molar refractivity (Wildman–Crippen MR) is 145 cm³/mol. The maximum Gasteiger partial charge on any atom is 0.328 e. The van der Waals surface area contributed by atoms with Gasteiger partial charge in [-0.1, -0.05) is 60.1 Å². The Morgan fingerprint density at radius 1 is 1.06 bits per heavy atom. The van der Waals surface area contributed by atoms with Crippen molar-refractivity contribution in [3.8, 4) is 0 Å². The summed E-state index contributed by atoms with van der Waals surface area (Å²) in [5.74, 6) is -1.54. The zero-order valence-electron chi connectivity index (χ0n) is 20.2. The van der Waals surface area contributed by atoms with Crippen LogP contribution in [0.1, 0.15) is 18.4 Å². The third-order valence-corrected chi connectivity index (χ3v) is 6.09. The summed E-state index contributed by atoms with van der Waals surface area (Å²) >= 11 is 5.92. The Hall–Kier alpha value is -3.68. The first-order chi connectivity index (χ1) is 17.3. The molecule has 0 amide bonds. The molecular formula is C28H30ClN3O4. The van der Waals surface area contributed by atoms with E-state index in [0.717, 1.165) is 44.8 Å². The van der Waals surface area contributed by atoms with E-state index in [-0.39, 0.29) is 0 Å². The molecule has 0 unspecified atom stereocenters. The molecule has 0 spiro atoms. The second-order valence-electron chi connectivity index (χ2n) is 8.43. The van der Waals surface area contributed by atoms with Gasteiger partial charge < -0.3 is 15.1 Å². The van der Waals surface area contributed by atoms with E-state index < -0.39 is 11.9 Å². The van der Waals surface area contributed by atoms with Crippen molar-refractivity contribution < 1.29 is 19.8 Å². The van der Waals surface area contributed by atoms with E-state index in [0.29, 0.717) is 17.2 Å². The van der Waals surface area contributed by atoms with Crippen LogP contribution in [0.15, 0.2) is 79.0 Å². The van der Waals surface area contributed by atoms with Crippen molar-refractivity contribution in [2.24, 2.45) is 0 Å². The monoisotopic (exact) mass is 507 g/mol. The SMILES string of the molecule is CN(CCCN1CC=C(c2cccc3ccccc23)CC1)c1ccc(Cl)cn1.O=C(O)/C=C/C(=O)O. The first-order valence-corrected chi connectivity index (χ1v) is 12.1. The molecule has 2 aromatic carbocycles. The smallest absolute Gasteiger partial charge is 0.328 e. The van der Waals surface area contributed by atoms with Gasteiger partial charge in [0.05, 0.1) is 5.02 Å². The summed E-state index contributed by atoms with van der Waals surface area (Å²) in [4.78, 5) is 28.2. The van der Waals surface area contributed by atoms with Crippen LogP contribution in [-0.4, -0.2) is 65.3 Å². The standard InChI is InChI=1S/C24H26ClN3.C4H4O4/c1-27(24-11-10-21(25)18-26-24)14-5-15-28-16-12-20(13-17-28)23-9-4-7-19-6-2-3-8-22(19)23;5-3(6)1-2-4(7)8/h2-4,6-12,18H,5,13-17H2,1H3;1-2H,(H,5,6)(H,7,8)/b;2-1+. The Bertz CT molecular complexity index is 1220. The van der Waals surface area contributed by atoms with Crippen molar-refractivity contribution in [2.45, 2.75) is 12.8 Å². The van der Waals surface area contributed by atoms with Gasteiger partial charge in [0.2, 0.25) is 0 Å². The molecule has 3 aromatic rings. The van der Waals surface area contributed by atoms with Gasteiger partial charge >= 0.3 is 11.9 Å². The summed E-state index contributed by atoms with van der Waals surface area (Å²) in [6.45, 7) is 4.25. The zero-order chi connectivity index (χ0) is 25.9. The van der Waals surface area contributed by atoms with Gasteiger partial charge in [0, 0.05) is 51.6 Å². The number of fused-ring (bicyclic) bond motifs is 1. The highest BCUT2D eigenvalue weighted by molar-refractivity contribution is 6.30. The van der Waals surface area contributed by atoms with Gasteiger partial charge in [-0.15, -0.1) is 0 Å². The summed E-state index contributed by atoms with van der Waals surface area (Å²) in [7, 11) is 2.09. The lowest BCUT2D eigenvalue weighted by Crippen LogP contribution is -2.32. The number of carboxylic acids is 2. The Labute approximate surface area is 215 Å². The summed E-state index contributed by atoms with van der Waals surface area (Å²) in [5.41, 5.74) is 2.88. The molecule has 2 N–H and O–H groups in total. The Morgan fingerprint density at radius 2 is 1.78 bits per heavy atom. The number of hydrogen-bond donors (Lipinski definition) is 2. The number of aromatic nitrogens is 1. The van der Waals surface area contributed by atoms with Crippen LogP contribution in [0.25, 0.3) is 16.3 Å². The molecule has 0 saturated heterocycles. The molecule has 1 aliphatic rings. The minimum atomic E-state index is -1.26. The Balaban J connectivity index is 0.000000392. The highest BCUT2D eigenvalue weighted by Crippen LogP contribution is 2.29. The number of rotatable bonds is 8. The average molecular weight is 508 g/mol. The lowest BCUT2D eigenvalue weighted by molar-refractivity contribution is -0.134. The number of carbonyl (C=O) groups is 2. The summed E-state index contributed by atoms with van der Waals surface area (Å²) in [6, 6.07) is 19.2. The number of anilines is 1. The highest BCUT2D eigenvalue weighted by atomic mass is 35.5. The maximum atomic E-state index is 9.55. The Kier molecular flexibility index (Phi) is 10.0. The molecule has 1 aromatic heterocycles. The molecule has 2 heterocycles. The van der Waals surface area contributed by atoms with E-state index >= 15 is 0 Å². The van der Waals surface area contributed by atoms with E-state index in [2.05, 4.69) is 70.4 Å². The molecule has 0 aliphatic carbocycles. The minimum absolute atomic E-state index is 0.558. The van der Waals surface area contributed by atoms with Gasteiger partial charge in [-0.05, 0) is 46.9 Å². The molecule has 4 rings (SSSR count). The van der Waals surface area contributed by atoms with Crippen molar-refractivity contribution >= 4 is 45.7 Å². The summed E-state index contributed by atoms with van der Waals surface area (Å²) in [5, 5.41) is 19.0. The van der Waals surface area contributed by atoms with Crippen molar-refractivity contribution in [1.82, 2.24) is 9.88 Å². The largest absolute Gasteiger partial charge is 0.478 e. The van der Waals surface area contributed by atoms with Gasteiger partial charge in [-0.2, -0.15) is 0 Å².